The Morgan fingerprint density at radius 3 is 2.88 bits per heavy atom. The van der Waals surface area contributed by atoms with E-state index in [1.165, 1.54) is 4.57 Å². The third-order valence-corrected chi connectivity index (χ3v) is 5.12. The van der Waals surface area contributed by atoms with E-state index in [4.69, 9.17) is 4.11 Å². The summed E-state index contributed by atoms with van der Waals surface area (Å²) in [6, 6.07) is 15.7. The van der Waals surface area contributed by atoms with E-state index >= 15 is 0 Å². The van der Waals surface area contributed by atoms with E-state index in [0.29, 0.717) is 17.9 Å². The van der Waals surface area contributed by atoms with Gasteiger partial charge < -0.3 is 0 Å². The quantitative estimate of drug-likeness (QED) is 0.431. The molecule has 0 bridgehead atoms. The fourth-order valence-electron chi connectivity index (χ4n) is 4.07. The first kappa shape index (κ1) is 11.2. The topological polar surface area (TPSA) is 39.5 Å². The molecule has 0 radical (unpaired) electrons. The van der Waals surface area contributed by atoms with Gasteiger partial charge in [0.05, 0.1) is 27.7 Å². The van der Waals surface area contributed by atoms with E-state index < -0.39 is 6.98 Å². The molecular formula is C21H16N5+. The lowest BCUT2D eigenvalue weighted by Crippen LogP contribution is -2.33. The van der Waals surface area contributed by atoms with Crippen LogP contribution in [0.25, 0.3) is 39.1 Å². The Morgan fingerprint density at radius 2 is 2.00 bits per heavy atom. The van der Waals surface area contributed by atoms with Crippen molar-refractivity contribution in [1.82, 2.24) is 19.1 Å². The summed E-state index contributed by atoms with van der Waals surface area (Å²) >= 11 is 0. The summed E-state index contributed by atoms with van der Waals surface area (Å²) < 4.78 is 30.6. The van der Waals surface area contributed by atoms with Gasteiger partial charge in [-0.3, -0.25) is 14.5 Å². The van der Waals surface area contributed by atoms with E-state index in [1.807, 2.05) is 48.5 Å². The Kier molecular flexibility index (Phi) is 2.06. The van der Waals surface area contributed by atoms with Crippen molar-refractivity contribution in [2.75, 3.05) is 0 Å². The van der Waals surface area contributed by atoms with Crippen molar-refractivity contribution in [3.8, 4) is 17.1 Å². The third-order valence-electron chi connectivity index (χ3n) is 5.12. The van der Waals surface area contributed by atoms with Gasteiger partial charge in [-0.25, -0.2) is 9.13 Å². The number of benzene rings is 1. The molecule has 5 heteroatoms. The molecule has 1 aliphatic rings. The molecular weight excluding hydrogens is 322 g/mol. The second-order valence-corrected chi connectivity index (χ2v) is 6.48. The summed E-state index contributed by atoms with van der Waals surface area (Å²) in [5.41, 5.74) is 5.14. The van der Waals surface area contributed by atoms with Gasteiger partial charge in [0.15, 0.2) is 5.52 Å². The summed E-state index contributed by atoms with van der Waals surface area (Å²) in [6.45, 7) is -1.82. The van der Waals surface area contributed by atoms with Crippen LogP contribution in [0.5, 0.6) is 0 Å². The first-order chi connectivity index (χ1) is 14.1. The zero-order chi connectivity index (χ0) is 19.8. The van der Waals surface area contributed by atoms with Crippen molar-refractivity contribution in [2.45, 2.75) is 6.54 Å². The number of pyridine rings is 2. The van der Waals surface area contributed by atoms with Gasteiger partial charge in [-0.2, -0.15) is 0 Å². The molecule has 0 saturated heterocycles. The van der Waals surface area contributed by atoms with Gasteiger partial charge >= 0.3 is 0 Å². The summed E-state index contributed by atoms with van der Waals surface area (Å²) in [5.74, 6) is 0.661. The molecule has 0 atom stereocenters. The third kappa shape index (κ3) is 1.57. The highest BCUT2D eigenvalue weighted by molar-refractivity contribution is 6.05. The molecule has 5 nitrogen and oxygen atoms in total. The maximum absolute atomic E-state index is 8.30. The van der Waals surface area contributed by atoms with Crippen LogP contribution in [0.1, 0.15) is 9.81 Å². The van der Waals surface area contributed by atoms with Crippen LogP contribution in [0.4, 0.5) is 0 Å². The number of aryl methyl sites for hydroxylation is 1. The monoisotopic (exact) mass is 341 g/mol. The van der Waals surface area contributed by atoms with Crippen molar-refractivity contribution in [3.63, 3.8) is 0 Å². The Bertz CT molecular complexity index is 1410. The van der Waals surface area contributed by atoms with E-state index in [9.17, 15) is 0 Å². The van der Waals surface area contributed by atoms with Crippen molar-refractivity contribution >= 4 is 22.1 Å². The number of hydrogen-bond acceptors (Lipinski definition) is 2. The highest BCUT2D eigenvalue weighted by Gasteiger charge is 2.36. The maximum atomic E-state index is 8.30. The van der Waals surface area contributed by atoms with E-state index in [1.54, 1.807) is 18.6 Å². The average Bonchev–Trinajstić information content (AvgIpc) is 3.34. The second-order valence-electron chi connectivity index (χ2n) is 6.48. The fourth-order valence-corrected chi connectivity index (χ4v) is 4.07. The Balaban J connectivity index is 1.87. The van der Waals surface area contributed by atoms with Crippen LogP contribution in [0.2, 0.25) is 0 Å². The smallest absolute Gasteiger partial charge is 0.264 e. The van der Waals surface area contributed by atoms with Crippen LogP contribution < -0.4 is 4.57 Å². The molecule has 26 heavy (non-hydrogen) atoms. The van der Waals surface area contributed by atoms with Crippen molar-refractivity contribution in [3.05, 3.63) is 72.8 Å². The van der Waals surface area contributed by atoms with Gasteiger partial charge in [-0.05, 0) is 30.3 Å². The fraction of sp³-hybridized carbons (Fsp3) is 0.0952. The molecule has 0 N–H and O–H groups in total. The Hall–Kier alpha value is -3.47. The van der Waals surface area contributed by atoms with Gasteiger partial charge in [0.2, 0.25) is 5.82 Å². The van der Waals surface area contributed by atoms with Crippen LogP contribution in [0, 0.1) is 0 Å². The number of aromatic nitrogens is 5. The summed E-state index contributed by atoms with van der Waals surface area (Å²) in [4.78, 5) is 8.78. The zero-order valence-electron chi connectivity index (χ0n) is 16.8. The van der Waals surface area contributed by atoms with Gasteiger partial charge in [0.25, 0.3) is 5.65 Å². The van der Waals surface area contributed by atoms with Gasteiger partial charge in [0, 0.05) is 18.6 Å². The lowest BCUT2D eigenvalue weighted by atomic mass is 10.2. The van der Waals surface area contributed by atoms with Gasteiger partial charge in [-0.15, -0.1) is 0 Å². The van der Waals surface area contributed by atoms with Gasteiger partial charge in [0.1, 0.15) is 17.7 Å². The molecule has 0 aliphatic carbocycles. The highest BCUT2D eigenvalue weighted by atomic mass is 15.3. The van der Waals surface area contributed by atoms with E-state index in [0.717, 1.165) is 33.5 Å². The lowest BCUT2D eigenvalue weighted by molar-refractivity contribution is -0.648. The normalized spacial score (nSPS) is 14.8. The minimum absolute atomic E-state index is 0.529. The van der Waals surface area contributed by atoms with Crippen LogP contribution in [-0.2, 0) is 13.5 Å². The molecule has 4 aromatic heterocycles. The largest absolute Gasteiger partial charge is 0.275 e. The number of para-hydroxylation sites is 1. The van der Waals surface area contributed by atoms with Crippen LogP contribution >= 0.6 is 0 Å². The molecule has 6 rings (SSSR count). The van der Waals surface area contributed by atoms with Crippen molar-refractivity contribution < 1.29 is 8.68 Å². The summed E-state index contributed by atoms with van der Waals surface area (Å²) in [5, 5.41) is 0.815. The van der Waals surface area contributed by atoms with E-state index in [2.05, 4.69) is 19.1 Å². The molecule has 0 unspecified atom stereocenters. The lowest BCUT2D eigenvalue weighted by Gasteiger charge is -2.03. The summed E-state index contributed by atoms with van der Waals surface area (Å²) in [6.07, 6.45) is 5.24. The van der Waals surface area contributed by atoms with Gasteiger partial charge in [-0.1, -0.05) is 18.2 Å². The predicted octanol–water partition coefficient (Wildman–Crippen LogP) is 3.23. The zero-order valence-corrected chi connectivity index (χ0v) is 13.8. The van der Waals surface area contributed by atoms with Crippen molar-refractivity contribution in [1.29, 1.82) is 0 Å². The SMILES string of the molecule is [2H]C([2H])([2H])n1c2[n+](c3c1c1cnccc1n3-c1ccccc1)Cc1ncccc1-2. The minimum atomic E-state index is -2.35. The molecule has 5 aromatic rings. The van der Waals surface area contributed by atoms with E-state index in [-0.39, 0.29) is 0 Å². The molecule has 0 saturated carbocycles. The number of nitrogens with zero attached hydrogens (tertiary/aromatic N) is 5. The number of imidazole rings is 1. The molecule has 1 aliphatic heterocycles. The molecule has 0 spiro atoms. The molecule has 0 amide bonds. The average molecular weight is 341 g/mol. The first-order valence-electron chi connectivity index (χ1n) is 9.98. The van der Waals surface area contributed by atoms with Crippen LogP contribution in [0.3, 0.4) is 0 Å². The van der Waals surface area contributed by atoms with Crippen LogP contribution in [-0.4, -0.2) is 19.1 Å². The Morgan fingerprint density at radius 1 is 1.08 bits per heavy atom. The Labute approximate surface area is 154 Å². The number of rotatable bonds is 1. The maximum Gasteiger partial charge on any atom is 0.275 e. The predicted molar refractivity (Wildman–Crippen MR) is 100 cm³/mol. The molecule has 124 valence electrons. The second kappa shape index (κ2) is 4.79. The summed E-state index contributed by atoms with van der Waals surface area (Å²) in [7, 11) is 0. The molecule has 5 heterocycles. The van der Waals surface area contributed by atoms with Crippen LogP contribution in [0.15, 0.2) is 67.1 Å². The molecule has 1 aromatic carbocycles. The molecule has 0 fully saturated rings. The highest BCUT2D eigenvalue weighted by Crippen LogP contribution is 2.35. The standard InChI is InChI=1S/C21H16N5/c1-24-19-16-12-22-11-9-18(16)26(14-6-3-2-4-7-14)21(19)25-13-17-15(20(24)25)8-5-10-23-17/h2-12H,13H2,1H3/q+1/i1D3. The number of fused-ring (bicyclic) bond motifs is 7. The number of hydrogen-bond donors (Lipinski definition) is 0. The minimum Gasteiger partial charge on any atom is -0.264 e. The van der Waals surface area contributed by atoms with Crippen molar-refractivity contribution in [2.24, 2.45) is 6.98 Å². The first-order valence-corrected chi connectivity index (χ1v) is 8.48.